The number of hydrogen-bond donors (Lipinski definition) is 1. The highest BCUT2D eigenvalue weighted by Crippen LogP contribution is 2.20. The maximum Gasteiger partial charge on any atom is 0.280 e. The van der Waals surface area contributed by atoms with E-state index in [2.05, 4.69) is 10.3 Å². The molecule has 1 aliphatic carbocycles. The van der Waals surface area contributed by atoms with E-state index in [0.29, 0.717) is 29.8 Å². The topological polar surface area (TPSA) is 62.3 Å². The fraction of sp³-hybridized carbons (Fsp3) is 0.583. The van der Waals surface area contributed by atoms with Crippen molar-refractivity contribution < 1.29 is 9.59 Å². The van der Waals surface area contributed by atoms with Gasteiger partial charge in [-0.25, -0.2) is 4.98 Å². The molecule has 1 fully saturated rings. The highest BCUT2D eigenvalue weighted by Gasteiger charge is 2.26. The van der Waals surface area contributed by atoms with Crippen LogP contribution in [0.1, 0.15) is 47.0 Å². The molecule has 2 amide bonds. The maximum atomic E-state index is 12.0. The van der Waals surface area contributed by atoms with Crippen molar-refractivity contribution in [2.24, 2.45) is 0 Å². The number of amides is 2. The summed E-state index contributed by atoms with van der Waals surface area (Å²) in [5.74, 6) is -0.275. The van der Waals surface area contributed by atoms with E-state index in [1.807, 2.05) is 13.8 Å². The number of carbonyl (C=O) groups excluding carboxylic acids is 2. The molecule has 0 radical (unpaired) electrons. The zero-order valence-electron chi connectivity index (χ0n) is 10.6. The molecule has 2 rings (SSSR count). The molecule has 1 aromatic heterocycles. The lowest BCUT2D eigenvalue weighted by Gasteiger charge is -2.16. The van der Waals surface area contributed by atoms with Gasteiger partial charge in [0.2, 0.25) is 0 Å². The first-order chi connectivity index (χ1) is 8.65. The first-order valence-corrected chi connectivity index (χ1v) is 7.09. The Bertz CT molecular complexity index is 450. The number of nitrogens with one attached hydrogen (secondary N) is 1. The molecule has 6 heteroatoms. The van der Waals surface area contributed by atoms with Gasteiger partial charge in [0.1, 0.15) is 5.69 Å². The Kier molecular flexibility index (Phi) is 3.96. The molecule has 0 aromatic carbocycles. The Morgan fingerprint density at radius 1 is 1.44 bits per heavy atom. The normalized spacial score (nSPS) is 14.3. The molecular formula is C12H17N3O2S. The molecule has 1 heterocycles. The van der Waals surface area contributed by atoms with E-state index in [-0.39, 0.29) is 11.8 Å². The largest absolute Gasteiger partial charge is 0.347 e. The summed E-state index contributed by atoms with van der Waals surface area (Å²) in [6, 6.07) is 0.309. The van der Waals surface area contributed by atoms with E-state index < -0.39 is 0 Å². The van der Waals surface area contributed by atoms with Crippen LogP contribution in [0.3, 0.4) is 0 Å². The van der Waals surface area contributed by atoms with Gasteiger partial charge in [0.25, 0.3) is 11.8 Å². The van der Waals surface area contributed by atoms with E-state index in [1.54, 1.807) is 10.3 Å². The summed E-state index contributed by atoms with van der Waals surface area (Å²) >= 11 is 1.22. The average molecular weight is 267 g/mol. The second kappa shape index (κ2) is 5.48. The summed E-state index contributed by atoms with van der Waals surface area (Å²) in [4.78, 5) is 29.6. The number of rotatable bonds is 5. The second-order valence-electron chi connectivity index (χ2n) is 4.26. The van der Waals surface area contributed by atoms with E-state index in [1.165, 1.54) is 11.3 Å². The number of thiazole rings is 1. The molecule has 0 unspecified atom stereocenters. The smallest absolute Gasteiger partial charge is 0.280 e. The van der Waals surface area contributed by atoms with Crippen LogP contribution in [0.15, 0.2) is 5.38 Å². The zero-order chi connectivity index (χ0) is 13.1. The molecule has 0 saturated heterocycles. The molecule has 1 N–H and O–H groups in total. The van der Waals surface area contributed by atoms with Gasteiger partial charge in [0, 0.05) is 24.5 Å². The van der Waals surface area contributed by atoms with Gasteiger partial charge in [-0.2, -0.15) is 0 Å². The van der Waals surface area contributed by atoms with Crippen molar-refractivity contribution >= 4 is 23.2 Å². The van der Waals surface area contributed by atoms with Gasteiger partial charge in [-0.1, -0.05) is 0 Å². The van der Waals surface area contributed by atoms with Crippen LogP contribution >= 0.6 is 11.3 Å². The number of carbonyl (C=O) groups is 2. The third-order valence-corrected chi connectivity index (χ3v) is 3.72. The van der Waals surface area contributed by atoms with Crippen molar-refractivity contribution in [2.45, 2.75) is 32.7 Å². The molecule has 0 spiro atoms. The average Bonchev–Trinajstić information content (AvgIpc) is 3.04. The predicted octanol–water partition coefficient (Wildman–Crippen LogP) is 1.52. The van der Waals surface area contributed by atoms with E-state index in [9.17, 15) is 9.59 Å². The SMILES string of the molecule is CCN(CC)C(=O)c1csc(C(=O)NC2CC2)n1. The molecule has 98 valence electrons. The Balaban J connectivity index is 2.04. The fourth-order valence-corrected chi connectivity index (χ4v) is 2.32. The third-order valence-electron chi connectivity index (χ3n) is 2.88. The van der Waals surface area contributed by atoms with Gasteiger partial charge >= 0.3 is 0 Å². The van der Waals surface area contributed by atoms with Crippen LogP contribution in [0, 0.1) is 0 Å². The predicted molar refractivity (Wildman–Crippen MR) is 69.9 cm³/mol. The van der Waals surface area contributed by atoms with Gasteiger partial charge in [0.05, 0.1) is 0 Å². The molecule has 0 bridgehead atoms. The minimum Gasteiger partial charge on any atom is -0.347 e. The zero-order valence-corrected chi connectivity index (χ0v) is 11.4. The monoisotopic (exact) mass is 267 g/mol. The first-order valence-electron chi connectivity index (χ1n) is 6.21. The number of nitrogens with zero attached hydrogens (tertiary/aromatic N) is 2. The fourth-order valence-electron chi connectivity index (χ4n) is 1.62. The van der Waals surface area contributed by atoms with Gasteiger partial charge in [-0.05, 0) is 26.7 Å². The maximum absolute atomic E-state index is 12.0. The Labute approximate surface area is 110 Å². The molecule has 1 saturated carbocycles. The first kappa shape index (κ1) is 13.0. The number of hydrogen-bond acceptors (Lipinski definition) is 4. The van der Waals surface area contributed by atoms with E-state index in [0.717, 1.165) is 12.8 Å². The Morgan fingerprint density at radius 3 is 2.67 bits per heavy atom. The lowest BCUT2D eigenvalue weighted by Crippen LogP contribution is -2.31. The van der Waals surface area contributed by atoms with Gasteiger partial charge in [0.15, 0.2) is 5.01 Å². The van der Waals surface area contributed by atoms with Crippen LogP contribution in [0.4, 0.5) is 0 Å². The second-order valence-corrected chi connectivity index (χ2v) is 5.12. The van der Waals surface area contributed by atoms with Crippen molar-refractivity contribution in [3.63, 3.8) is 0 Å². The van der Waals surface area contributed by atoms with E-state index >= 15 is 0 Å². The van der Waals surface area contributed by atoms with Crippen molar-refractivity contribution in [2.75, 3.05) is 13.1 Å². The lowest BCUT2D eigenvalue weighted by atomic mass is 10.4. The summed E-state index contributed by atoms with van der Waals surface area (Å²) in [6.45, 7) is 5.15. The number of aromatic nitrogens is 1. The molecule has 0 atom stereocenters. The minimum absolute atomic E-state index is 0.110. The summed E-state index contributed by atoms with van der Waals surface area (Å²) < 4.78 is 0. The highest BCUT2D eigenvalue weighted by molar-refractivity contribution is 7.11. The molecule has 1 aliphatic rings. The van der Waals surface area contributed by atoms with Crippen molar-refractivity contribution in [1.29, 1.82) is 0 Å². The summed E-state index contributed by atoms with van der Waals surface area (Å²) in [5.41, 5.74) is 0.365. The molecule has 5 nitrogen and oxygen atoms in total. The van der Waals surface area contributed by atoms with Crippen LogP contribution in [-0.2, 0) is 0 Å². The van der Waals surface area contributed by atoms with Crippen molar-refractivity contribution in [3.8, 4) is 0 Å². The van der Waals surface area contributed by atoms with Crippen molar-refractivity contribution in [3.05, 3.63) is 16.1 Å². The molecule has 18 heavy (non-hydrogen) atoms. The van der Waals surface area contributed by atoms with Crippen LogP contribution < -0.4 is 5.32 Å². The minimum atomic E-state index is -0.166. The Hall–Kier alpha value is -1.43. The van der Waals surface area contributed by atoms with Crippen LogP contribution in [0.5, 0.6) is 0 Å². The van der Waals surface area contributed by atoms with Crippen LogP contribution in [-0.4, -0.2) is 40.8 Å². The molecule has 0 aliphatic heterocycles. The molecular weight excluding hydrogens is 250 g/mol. The molecule has 1 aromatic rings. The van der Waals surface area contributed by atoms with Gasteiger partial charge < -0.3 is 10.2 Å². The summed E-state index contributed by atoms with van der Waals surface area (Å²) in [6.07, 6.45) is 2.09. The van der Waals surface area contributed by atoms with Crippen LogP contribution in [0.25, 0.3) is 0 Å². The third kappa shape index (κ3) is 2.87. The summed E-state index contributed by atoms with van der Waals surface area (Å²) in [7, 11) is 0. The van der Waals surface area contributed by atoms with Gasteiger partial charge in [-0.15, -0.1) is 11.3 Å². The van der Waals surface area contributed by atoms with Gasteiger partial charge in [-0.3, -0.25) is 9.59 Å². The summed E-state index contributed by atoms with van der Waals surface area (Å²) in [5, 5.41) is 4.89. The van der Waals surface area contributed by atoms with Crippen molar-refractivity contribution in [1.82, 2.24) is 15.2 Å². The Morgan fingerprint density at radius 2 is 2.11 bits per heavy atom. The lowest BCUT2D eigenvalue weighted by molar-refractivity contribution is 0.0768. The highest BCUT2D eigenvalue weighted by atomic mass is 32.1. The quantitative estimate of drug-likeness (QED) is 0.879. The van der Waals surface area contributed by atoms with Crippen LogP contribution in [0.2, 0.25) is 0 Å². The standard InChI is InChI=1S/C12H17N3O2S/c1-3-15(4-2)12(17)9-7-18-11(14-9)10(16)13-8-5-6-8/h7-8H,3-6H2,1-2H3,(H,13,16). The van der Waals surface area contributed by atoms with E-state index in [4.69, 9.17) is 0 Å².